The molecule has 1 aliphatic rings. The monoisotopic (exact) mass is 279 g/mol. The molecule has 1 rings (SSSR count). The van der Waals surface area contributed by atoms with Crippen molar-refractivity contribution in [3.05, 3.63) is 0 Å². The molecule has 0 aromatic heterocycles. The maximum atomic E-state index is 12.6. The van der Waals surface area contributed by atoms with Gasteiger partial charge in [-0.15, -0.1) is 0 Å². The molecule has 1 aliphatic carbocycles. The summed E-state index contributed by atoms with van der Waals surface area (Å²) in [5.74, 6) is -1.65. The van der Waals surface area contributed by atoms with Crippen molar-refractivity contribution >= 4 is 0 Å². The second-order valence-corrected chi connectivity index (χ2v) is 4.74. The van der Waals surface area contributed by atoms with Crippen LogP contribution >= 0.6 is 0 Å². The first kappa shape index (κ1) is 15.6. The van der Waals surface area contributed by atoms with E-state index >= 15 is 0 Å². The SMILES string of the molecule is OCC1(NCC(F)(F)F)CCCC(C(F)(F)F)C1. The molecule has 1 saturated carbocycles. The number of hydrogen-bond donors (Lipinski definition) is 2. The Morgan fingerprint density at radius 1 is 1.17 bits per heavy atom. The Morgan fingerprint density at radius 2 is 1.78 bits per heavy atom. The van der Waals surface area contributed by atoms with Crippen LogP contribution in [0, 0.1) is 5.92 Å². The molecule has 8 heteroatoms. The highest BCUT2D eigenvalue weighted by Crippen LogP contribution is 2.41. The number of nitrogens with one attached hydrogen (secondary N) is 1. The third kappa shape index (κ3) is 4.31. The molecule has 2 unspecified atom stereocenters. The lowest BCUT2D eigenvalue weighted by Crippen LogP contribution is -2.55. The summed E-state index contributed by atoms with van der Waals surface area (Å²) < 4.78 is 73.9. The highest BCUT2D eigenvalue weighted by molar-refractivity contribution is 4.95. The summed E-state index contributed by atoms with van der Waals surface area (Å²) in [6.07, 6.45) is -9.28. The molecule has 0 aromatic rings. The minimum absolute atomic E-state index is 0.0983. The Hall–Kier alpha value is -0.500. The van der Waals surface area contributed by atoms with E-state index in [1.54, 1.807) is 0 Å². The Morgan fingerprint density at radius 3 is 2.22 bits per heavy atom. The molecule has 0 radical (unpaired) electrons. The van der Waals surface area contributed by atoms with E-state index in [0.717, 1.165) is 0 Å². The fourth-order valence-corrected chi connectivity index (χ4v) is 2.29. The highest BCUT2D eigenvalue weighted by atomic mass is 19.4. The van der Waals surface area contributed by atoms with Crippen molar-refractivity contribution in [3.63, 3.8) is 0 Å². The normalized spacial score (nSPS) is 30.5. The minimum atomic E-state index is -4.51. The van der Waals surface area contributed by atoms with Gasteiger partial charge >= 0.3 is 12.4 Å². The topological polar surface area (TPSA) is 32.3 Å². The Labute approximate surface area is 100 Å². The van der Waals surface area contributed by atoms with Crippen LogP contribution in [0.25, 0.3) is 0 Å². The molecule has 108 valence electrons. The van der Waals surface area contributed by atoms with Crippen LogP contribution in [0.15, 0.2) is 0 Å². The van der Waals surface area contributed by atoms with Crippen LogP contribution < -0.4 is 5.32 Å². The zero-order valence-electron chi connectivity index (χ0n) is 9.53. The summed E-state index contributed by atoms with van der Waals surface area (Å²) in [4.78, 5) is 0. The average Bonchev–Trinajstić information content (AvgIpc) is 2.25. The van der Waals surface area contributed by atoms with Crippen LogP contribution in [0.2, 0.25) is 0 Å². The van der Waals surface area contributed by atoms with Gasteiger partial charge in [0.05, 0.1) is 19.1 Å². The molecule has 0 aromatic carbocycles. The van der Waals surface area contributed by atoms with E-state index in [1.165, 1.54) is 0 Å². The first-order valence-electron chi connectivity index (χ1n) is 5.57. The lowest BCUT2D eigenvalue weighted by Gasteiger charge is -2.41. The fourth-order valence-electron chi connectivity index (χ4n) is 2.29. The third-order valence-electron chi connectivity index (χ3n) is 3.27. The van der Waals surface area contributed by atoms with Crippen LogP contribution in [0.3, 0.4) is 0 Å². The maximum absolute atomic E-state index is 12.6. The average molecular weight is 279 g/mol. The highest BCUT2D eigenvalue weighted by Gasteiger charge is 2.48. The van der Waals surface area contributed by atoms with Gasteiger partial charge in [-0.25, -0.2) is 0 Å². The van der Waals surface area contributed by atoms with Crippen molar-refractivity contribution in [3.8, 4) is 0 Å². The summed E-state index contributed by atoms with van der Waals surface area (Å²) in [5, 5.41) is 11.2. The molecule has 2 N–H and O–H groups in total. The van der Waals surface area contributed by atoms with Crippen molar-refractivity contribution in [2.75, 3.05) is 13.2 Å². The number of alkyl halides is 6. The Kier molecular flexibility index (Phi) is 4.53. The Balaban J connectivity index is 2.69. The molecule has 2 atom stereocenters. The standard InChI is InChI=1S/C10H15F6NO/c11-9(12,13)5-17-8(6-18)3-1-2-7(4-8)10(14,15)16/h7,17-18H,1-6H2. The van der Waals surface area contributed by atoms with Gasteiger partial charge in [-0.3, -0.25) is 0 Å². The van der Waals surface area contributed by atoms with Gasteiger partial charge in [0.15, 0.2) is 0 Å². The summed E-state index contributed by atoms with van der Waals surface area (Å²) in [7, 11) is 0. The van der Waals surface area contributed by atoms with E-state index in [1.807, 2.05) is 0 Å². The van der Waals surface area contributed by atoms with E-state index in [9.17, 15) is 26.3 Å². The zero-order valence-corrected chi connectivity index (χ0v) is 9.53. The minimum Gasteiger partial charge on any atom is -0.394 e. The molecule has 0 spiro atoms. The molecule has 0 heterocycles. The largest absolute Gasteiger partial charge is 0.401 e. The molecule has 18 heavy (non-hydrogen) atoms. The van der Waals surface area contributed by atoms with Crippen molar-refractivity contribution in [2.24, 2.45) is 5.92 Å². The molecule has 2 nitrogen and oxygen atoms in total. The summed E-state index contributed by atoms with van der Waals surface area (Å²) >= 11 is 0. The van der Waals surface area contributed by atoms with Crippen molar-refractivity contribution in [1.29, 1.82) is 0 Å². The van der Waals surface area contributed by atoms with Crippen molar-refractivity contribution < 1.29 is 31.4 Å². The van der Waals surface area contributed by atoms with Gasteiger partial charge in [0.25, 0.3) is 0 Å². The van der Waals surface area contributed by atoms with Gasteiger partial charge in [-0.05, 0) is 19.3 Å². The Bertz CT molecular complexity index is 277. The van der Waals surface area contributed by atoms with Gasteiger partial charge < -0.3 is 10.4 Å². The quantitative estimate of drug-likeness (QED) is 0.778. The second kappa shape index (κ2) is 5.24. The van der Waals surface area contributed by atoms with E-state index < -0.39 is 43.4 Å². The molecule has 0 amide bonds. The van der Waals surface area contributed by atoms with Gasteiger partial charge in [0.1, 0.15) is 0 Å². The number of hydrogen-bond acceptors (Lipinski definition) is 2. The summed E-state index contributed by atoms with van der Waals surface area (Å²) in [6, 6.07) is 0. The first-order chi connectivity index (χ1) is 8.08. The summed E-state index contributed by atoms with van der Waals surface area (Å²) in [6.45, 7) is -2.12. The predicted octanol–water partition coefficient (Wildman–Crippen LogP) is 2.62. The molecular formula is C10H15F6NO. The maximum Gasteiger partial charge on any atom is 0.401 e. The fraction of sp³-hybridized carbons (Fsp3) is 1.00. The number of rotatable bonds is 3. The molecule has 0 saturated heterocycles. The molecule has 1 fully saturated rings. The van der Waals surface area contributed by atoms with Gasteiger partial charge in [0, 0.05) is 5.54 Å². The van der Waals surface area contributed by atoms with Crippen molar-refractivity contribution in [1.82, 2.24) is 5.32 Å². The van der Waals surface area contributed by atoms with E-state index in [-0.39, 0.29) is 19.3 Å². The second-order valence-electron chi connectivity index (χ2n) is 4.74. The molecule has 0 aliphatic heterocycles. The van der Waals surface area contributed by atoms with Gasteiger partial charge in [-0.1, -0.05) is 6.42 Å². The van der Waals surface area contributed by atoms with Crippen molar-refractivity contribution in [2.45, 2.75) is 43.6 Å². The van der Waals surface area contributed by atoms with Crippen LogP contribution in [-0.4, -0.2) is 36.1 Å². The van der Waals surface area contributed by atoms with E-state index in [2.05, 4.69) is 5.32 Å². The van der Waals surface area contributed by atoms with Crippen LogP contribution in [0.1, 0.15) is 25.7 Å². The number of halogens is 6. The predicted molar refractivity (Wildman–Crippen MR) is 51.9 cm³/mol. The third-order valence-corrected chi connectivity index (χ3v) is 3.27. The van der Waals surface area contributed by atoms with Crippen LogP contribution in [-0.2, 0) is 0 Å². The van der Waals surface area contributed by atoms with Crippen LogP contribution in [0.4, 0.5) is 26.3 Å². The zero-order chi connectivity index (χ0) is 14.0. The summed E-state index contributed by atoms with van der Waals surface area (Å²) in [5.41, 5.74) is -1.48. The smallest absolute Gasteiger partial charge is 0.394 e. The lowest BCUT2D eigenvalue weighted by atomic mass is 9.75. The van der Waals surface area contributed by atoms with E-state index in [4.69, 9.17) is 5.11 Å². The van der Waals surface area contributed by atoms with Gasteiger partial charge in [0.2, 0.25) is 0 Å². The number of aliphatic hydroxyl groups is 1. The first-order valence-corrected chi connectivity index (χ1v) is 5.57. The van der Waals surface area contributed by atoms with Crippen LogP contribution in [0.5, 0.6) is 0 Å². The number of aliphatic hydroxyl groups excluding tert-OH is 1. The molecular weight excluding hydrogens is 264 g/mol. The van der Waals surface area contributed by atoms with Gasteiger partial charge in [-0.2, -0.15) is 26.3 Å². The lowest BCUT2D eigenvalue weighted by molar-refractivity contribution is -0.191. The van der Waals surface area contributed by atoms with E-state index in [0.29, 0.717) is 0 Å². The molecule has 0 bridgehead atoms.